The molecule has 0 amide bonds. The number of ether oxygens (including phenoxy) is 2. The molecule has 0 spiro atoms. The third kappa shape index (κ3) is 55.5. The van der Waals surface area contributed by atoms with Crippen LogP contribution < -0.4 is 5.73 Å². The number of esters is 2. The number of rotatable bonds is 57. The van der Waals surface area contributed by atoms with Crippen LogP contribution in [0.15, 0.2) is 36.5 Å². The van der Waals surface area contributed by atoms with E-state index in [-0.39, 0.29) is 38.6 Å². The Hall–Kier alpha value is -1.77. The van der Waals surface area contributed by atoms with Crippen LogP contribution in [0.2, 0.25) is 0 Å². The number of hydrogen-bond donors (Lipinski definition) is 2. The summed E-state index contributed by atoms with van der Waals surface area (Å²) in [4.78, 5) is 35.1. The van der Waals surface area contributed by atoms with Gasteiger partial charge in [0.25, 0.3) is 0 Å². The fourth-order valence-electron chi connectivity index (χ4n) is 8.82. The maximum absolute atomic E-state index is 12.7. The topological polar surface area (TPSA) is 134 Å². The zero-order valence-corrected chi connectivity index (χ0v) is 46.9. The third-order valence-electron chi connectivity index (χ3n) is 13.3. The highest BCUT2D eigenvalue weighted by molar-refractivity contribution is 7.47. The monoisotopic (exact) mass is 1010 g/mol. The van der Waals surface area contributed by atoms with Gasteiger partial charge < -0.3 is 20.1 Å². The number of phosphoric acid groups is 1. The average molecular weight is 1010 g/mol. The number of unbranched alkanes of at least 4 members (excludes halogenated alkanes) is 38. The molecule has 2 unspecified atom stereocenters. The van der Waals surface area contributed by atoms with E-state index < -0.39 is 26.5 Å². The van der Waals surface area contributed by atoms with Crippen LogP contribution in [0, 0.1) is 0 Å². The van der Waals surface area contributed by atoms with Crippen molar-refractivity contribution in [3.8, 4) is 0 Å². The smallest absolute Gasteiger partial charge is 0.462 e. The van der Waals surface area contributed by atoms with Crippen LogP contribution >= 0.6 is 7.82 Å². The van der Waals surface area contributed by atoms with Gasteiger partial charge in [0.2, 0.25) is 0 Å². The standard InChI is InChI=1S/C60H114NO8P/c1-3-5-7-9-11-13-15-17-19-21-22-23-24-25-26-27-28-29-30-31-32-33-34-35-36-37-39-41-43-45-47-49-51-53-60(63)69-58(57-68-70(64,65)67-55-54-61)56-66-59(62)52-50-48-46-44-42-40-38-20-18-16-14-12-10-8-6-4-2/h15,17,21-22,24-25,58H,3-14,16,18-20,23,26-57,61H2,1-2H3,(H,64,65)/b17-15-,22-21-,25-24-. The van der Waals surface area contributed by atoms with Gasteiger partial charge >= 0.3 is 19.8 Å². The van der Waals surface area contributed by atoms with Gasteiger partial charge in [0.05, 0.1) is 13.2 Å². The van der Waals surface area contributed by atoms with Gasteiger partial charge in [0.15, 0.2) is 6.10 Å². The molecule has 70 heavy (non-hydrogen) atoms. The summed E-state index contributed by atoms with van der Waals surface area (Å²) in [6.07, 6.45) is 67.8. The molecule has 3 N–H and O–H groups in total. The van der Waals surface area contributed by atoms with Gasteiger partial charge in [-0.1, -0.05) is 275 Å². The molecule has 0 saturated heterocycles. The SMILES string of the molecule is CCCCCCC/C=C\C/C=C\C/C=C\CCCCCCCCCCCCCCCCCCCCC(=O)OC(COC(=O)CCCCCCCCCCCCCCCCCC)COP(=O)(O)OCCN. The Morgan fingerprint density at radius 3 is 1.10 bits per heavy atom. The number of allylic oxidation sites excluding steroid dienone is 6. The first-order valence-electron chi connectivity index (χ1n) is 30.0. The van der Waals surface area contributed by atoms with Crippen molar-refractivity contribution >= 4 is 19.8 Å². The Bertz CT molecular complexity index is 1240. The van der Waals surface area contributed by atoms with E-state index >= 15 is 0 Å². The predicted octanol–water partition coefficient (Wildman–Crippen LogP) is 18.8. The van der Waals surface area contributed by atoms with Gasteiger partial charge in [-0.05, 0) is 51.4 Å². The fourth-order valence-corrected chi connectivity index (χ4v) is 9.59. The summed E-state index contributed by atoms with van der Waals surface area (Å²) >= 11 is 0. The molecule has 0 aliphatic carbocycles. The normalized spacial score (nSPS) is 13.3. The highest BCUT2D eigenvalue weighted by Crippen LogP contribution is 2.43. The first kappa shape index (κ1) is 68.2. The van der Waals surface area contributed by atoms with Crippen molar-refractivity contribution in [1.82, 2.24) is 0 Å². The minimum Gasteiger partial charge on any atom is -0.462 e. The minimum atomic E-state index is -4.38. The van der Waals surface area contributed by atoms with E-state index in [9.17, 15) is 19.0 Å². The molecule has 0 aromatic rings. The van der Waals surface area contributed by atoms with E-state index in [0.717, 1.165) is 44.9 Å². The Balaban J connectivity index is 3.86. The molecule has 412 valence electrons. The van der Waals surface area contributed by atoms with Crippen LogP contribution in [0.25, 0.3) is 0 Å². The fraction of sp³-hybridized carbons (Fsp3) is 0.867. The summed E-state index contributed by atoms with van der Waals surface area (Å²) in [5.41, 5.74) is 5.38. The molecule has 0 aliphatic heterocycles. The van der Waals surface area contributed by atoms with Crippen molar-refractivity contribution < 1.29 is 37.6 Å². The van der Waals surface area contributed by atoms with E-state index in [4.69, 9.17) is 24.3 Å². The van der Waals surface area contributed by atoms with E-state index in [2.05, 4.69) is 50.3 Å². The Morgan fingerprint density at radius 1 is 0.429 bits per heavy atom. The van der Waals surface area contributed by atoms with Crippen LogP contribution in [-0.4, -0.2) is 49.3 Å². The van der Waals surface area contributed by atoms with E-state index in [1.165, 1.54) is 225 Å². The summed E-state index contributed by atoms with van der Waals surface area (Å²) in [7, 11) is -4.38. The van der Waals surface area contributed by atoms with Crippen molar-refractivity contribution in [2.24, 2.45) is 5.73 Å². The van der Waals surface area contributed by atoms with Crippen LogP contribution in [0.5, 0.6) is 0 Å². The molecular formula is C60H114NO8P. The molecule has 0 aromatic carbocycles. The van der Waals surface area contributed by atoms with Crippen LogP contribution in [0.3, 0.4) is 0 Å². The second kappa shape index (κ2) is 56.5. The summed E-state index contributed by atoms with van der Waals surface area (Å²) in [5.74, 6) is -0.811. The molecule has 0 fully saturated rings. The van der Waals surface area contributed by atoms with Crippen LogP contribution in [0.1, 0.15) is 303 Å². The average Bonchev–Trinajstić information content (AvgIpc) is 3.35. The molecule has 0 heterocycles. The van der Waals surface area contributed by atoms with Gasteiger partial charge in [0, 0.05) is 19.4 Å². The number of phosphoric ester groups is 1. The summed E-state index contributed by atoms with van der Waals surface area (Å²) < 4.78 is 33.0. The predicted molar refractivity (Wildman–Crippen MR) is 298 cm³/mol. The number of carbonyl (C=O) groups is 2. The molecular weight excluding hydrogens is 894 g/mol. The van der Waals surface area contributed by atoms with Gasteiger partial charge in [-0.25, -0.2) is 4.57 Å². The van der Waals surface area contributed by atoms with E-state index in [1.807, 2.05) is 0 Å². The minimum absolute atomic E-state index is 0.0558. The third-order valence-corrected chi connectivity index (χ3v) is 14.3. The molecule has 0 rings (SSSR count). The van der Waals surface area contributed by atoms with Gasteiger partial charge in [-0.15, -0.1) is 0 Å². The van der Waals surface area contributed by atoms with Crippen molar-refractivity contribution in [3.05, 3.63) is 36.5 Å². The highest BCUT2D eigenvalue weighted by Gasteiger charge is 2.26. The van der Waals surface area contributed by atoms with Crippen molar-refractivity contribution in [2.75, 3.05) is 26.4 Å². The lowest BCUT2D eigenvalue weighted by atomic mass is 10.0. The van der Waals surface area contributed by atoms with Crippen molar-refractivity contribution in [1.29, 1.82) is 0 Å². The zero-order valence-electron chi connectivity index (χ0n) is 46.0. The van der Waals surface area contributed by atoms with E-state index in [0.29, 0.717) is 6.42 Å². The van der Waals surface area contributed by atoms with Gasteiger partial charge in [0.1, 0.15) is 6.61 Å². The molecule has 0 saturated carbocycles. The zero-order chi connectivity index (χ0) is 51.0. The molecule has 2 atom stereocenters. The highest BCUT2D eigenvalue weighted by atomic mass is 31.2. The number of hydrogen-bond acceptors (Lipinski definition) is 8. The Morgan fingerprint density at radius 2 is 0.743 bits per heavy atom. The molecule has 9 nitrogen and oxygen atoms in total. The summed E-state index contributed by atoms with van der Waals surface area (Å²) in [6, 6.07) is 0. The molecule has 10 heteroatoms. The lowest BCUT2D eigenvalue weighted by Crippen LogP contribution is -2.29. The maximum Gasteiger partial charge on any atom is 0.472 e. The van der Waals surface area contributed by atoms with Gasteiger partial charge in [-0.2, -0.15) is 0 Å². The largest absolute Gasteiger partial charge is 0.472 e. The number of carbonyl (C=O) groups excluding carboxylic acids is 2. The Labute approximate surface area is 433 Å². The van der Waals surface area contributed by atoms with Crippen LogP contribution in [-0.2, 0) is 32.7 Å². The molecule has 0 bridgehead atoms. The second-order valence-corrected chi connectivity index (χ2v) is 21.7. The Kier molecular flexibility index (Phi) is 55.1. The second-order valence-electron chi connectivity index (χ2n) is 20.2. The summed E-state index contributed by atoms with van der Waals surface area (Å²) in [6.45, 7) is 3.78. The lowest BCUT2D eigenvalue weighted by molar-refractivity contribution is -0.161. The lowest BCUT2D eigenvalue weighted by Gasteiger charge is -2.19. The van der Waals surface area contributed by atoms with Crippen molar-refractivity contribution in [3.63, 3.8) is 0 Å². The van der Waals surface area contributed by atoms with Crippen LogP contribution in [0.4, 0.5) is 0 Å². The molecule has 0 radical (unpaired) electrons. The van der Waals surface area contributed by atoms with E-state index in [1.54, 1.807) is 0 Å². The quantitative estimate of drug-likeness (QED) is 0.0264. The maximum atomic E-state index is 12.7. The van der Waals surface area contributed by atoms with Gasteiger partial charge in [-0.3, -0.25) is 18.6 Å². The van der Waals surface area contributed by atoms with Crippen molar-refractivity contribution in [2.45, 2.75) is 309 Å². The first-order chi connectivity index (χ1) is 34.3. The molecule has 0 aromatic heterocycles. The summed E-state index contributed by atoms with van der Waals surface area (Å²) in [5, 5.41) is 0. The first-order valence-corrected chi connectivity index (χ1v) is 31.5. The number of nitrogens with two attached hydrogens (primary N) is 1. The molecule has 0 aliphatic rings.